The number of hydrogen-bond acceptors (Lipinski definition) is 3. The first kappa shape index (κ1) is 14.8. The van der Waals surface area contributed by atoms with Gasteiger partial charge in [-0.15, -0.1) is 0 Å². The van der Waals surface area contributed by atoms with Crippen LogP contribution in [0.5, 0.6) is 0 Å². The first-order valence-electron chi connectivity index (χ1n) is 7.87. The van der Waals surface area contributed by atoms with Crippen molar-refractivity contribution in [2.24, 2.45) is 5.92 Å². The Bertz CT molecular complexity index is 288. The van der Waals surface area contributed by atoms with E-state index in [-0.39, 0.29) is 6.54 Å². The van der Waals surface area contributed by atoms with Gasteiger partial charge in [-0.3, -0.25) is 14.6 Å². The monoisotopic (exact) mass is 268 g/mol. The molecular formula is C15H28N2O2. The van der Waals surface area contributed by atoms with Crippen LogP contribution >= 0.6 is 0 Å². The highest BCUT2D eigenvalue weighted by Gasteiger charge is 2.26. The zero-order valence-corrected chi connectivity index (χ0v) is 12.2. The summed E-state index contributed by atoms with van der Waals surface area (Å²) in [5.41, 5.74) is 0. The molecule has 0 aromatic carbocycles. The van der Waals surface area contributed by atoms with Crippen molar-refractivity contribution in [1.82, 2.24) is 9.80 Å². The molecule has 1 aliphatic carbocycles. The van der Waals surface area contributed by atoms with Crippen LogP contribution in [0.25, 0.3) is 0 Å². The maximum absolute atomic E-state index is 10.8. The Morgan fingerprint density at radius 2 is 1.84 bits per heavy atom. The summed E-state index contributed by atoms with van der Waals surface area (Å²) in [5, 5.41) is 8.87. The van der Waals surface area contributed by atoms with Crippen LogP contribution < -0.4 is 0 Å². The van der Waals surface area contributed by atoms with E-state index >= 15 is 0 Å². The van der Waals surface area contributed by atoms with Gasteiger partial charge in [0, 0.05) is 25.7 Å². The molecule has 0 spiro atoms. The highest BCUT2D eigenvalue weighted by Crippen LogP contribution is 2.29. The van der Waals surface area contributed by atoms with Gasteiger partial charge in [0.2, 0.25) is 0 Å². The van der Waals surface area contributed by atoms with E-state index in [1.165, 1.54) is 32.1 Å². The summed E-state index contributed by atoms with van der Waals surface area (Å²) in [5.74, 6) is 0.253. The number of rotatable bonds is 4. The Morgan fingerprint density at radius 1 is 1.11 bits per heavy atom. The number of carbonyl (C=O) groups is 1. The molecule has 2 rings (SSSR count). The van der Waals surface area contributed by atoms with Crippen molar-refractivity contribution < 1.29 is 9.90 Å². The molecule has 1 aliphatic heterocycles. The largest absolute Gasteiger partial charge is 0.480 e. The lowest BCUT2D eigenvalue weighted by Crippen LogP contribution is -2.41. The zero-order valence-electron chi connectivity index (χ0n) is 12.2. The van der Waals surface area contributed by atoms with E-state index < -0.39 is 5.97 Å². The van der Waals surface area contributed by atoms with Gasteiger partial charge >= 0.3 is 5.97 Å². The molecule has 0 radical (unpaired) electrons. The van der Waals surface area contributed by atoms with Crippen LogP contribution in [0.3, 0.4) is 0 Å². The Labute approximate surface area is 116 Å². The molecule has 0 bridgehead atoms. The minimum atomic E-state index is -0.697. The van der Waals surface area contributed by atoms with Crippen molar-refractivity contribution in [3.63, 3.8) is 0 Å². The smallest absolute Gasteiger partial charge is 0.317 e. The van der Waals surface area contributed by atoms with Gasteiger partial charge in [0.25, 0.3) is 0 Å². The van der Waals surface area contributed by atoms with E-state index in [0.29, 0.717) is 0 Å². The quantitative estimate of drug-likeness (QED) is 0.847. The Kier molecular flexibility index (Phi) is 5.64. The molecule has 4 nitrogen and oxygen atoms in total. The highest BCUT2D eigenvalue weighted by molar-refractivity contribution is 5.69. The predicted octanol–water partition coefficient (Wildman–Crippen LogP) is 2.05. The fourth-order valence-electron chi connectivity index (χ4n) is 3.62. The Morgan fingerprint density at radius 3 is 2.47 bits per heavy atom. The molecule has 1 N–H and O–H groups in total. The van der Waals surface area contributed by atoms with Gasteiger partial charge in [-0.2, -0.15) is 0 Å². The van der Waals surface area contributed by atoms with Gasteiger partial charge in [-0.05, 0) is 44.6 Å². The molecule has 1 saturated carbocycles. The summed E-state index contributed by atoms with van der Waals surface area (Å²) in [6.07, 6.45) is 7.90. The third-order valence-electron chi connectivity index (χ3n) is 4.89. The van der Waals surface area contributed by atoms with E-state index in [9.17, 15) is 4.79 Å². The topological polar surface area (TPSA) is 43.8 Å². The third kappa shape index (κ3) is 4.46. The summed E-state index contributed by atoms with van der Waals surface area (Å²) in [7, 11) is 0. The molecule has 0 aromatic rings. The molecule has 4 heteroatoms. The number of hydrogen-bond donors (Lipinski definition) is 1. The molecule has 0 atom stereocenters. The van der Waals surface area contributed by atoms with Crippen LogP contribution in [0.15, 0.2) is 0 Å². The molecule has 2 fully saturated rings. The molecule has 0 amide bonds. The first-order chi connectivity index (χ1) is 9.19. The molecule has 1 saturated heterocycles. The van der Waals surface area contributed by atoms with Gasteiger partial charge in [0.1, 0.15) is 0 Å². The molecule has 19 heavy (non-hydrogen) atoms. The minimum absolute atomic E-state index is 0.205. The van der Waals surface area contributed by atoms with Crippen molar-refractivity contribution in [3.8, 4) is 0 Å². The summed E-state index contributed by atoms with van der Waals surface area (Å²) in [4.78, 5) is 15.5. The van der Waals surface area contributed by atoms with E-state index in [0.717, 1.165) is 44.6 Å². The van der Waals surface area contributed by atoms with E-state index in [1.807, 2.05) is 0 Å². The van der Waals surface area contributed by atoms with Crippen molar-refractivity contribution in [2.75, 3.05) is 32.7 Å². The van der Waals surface area contributed by atoms with Gasteiger partial charge in [-0.25, -0.2) is 0 Å². The highest BCUT2D eigenvalue weighted by atomic mass is 16.4. The Balaban J connectivity index is 1.78. The van der Waals surface area contributed by atoms with Crippen LogP contribution in [0.1, 0.15) is 45.4 Å². The van der Waals surface area contributed by atoms with Crippen LogP contribution in [-0.4, -0.2) is 59.6 Å². The molecule has 0 unspecified atom stereocenters. The van der Waals surface area contributed by atoms with Crippen LogP contribution in [0.4, 0.5) is 0 Å². The molecule has 110 valence electrons. The van der Waals surface area contributed by atoms with Gasteiger partial charge in [0.15, 0.2) is 0 Å². The predicted molar refractivity (Wildman–Crippen MR) is 76.3 cm³/mol. The number of nitrogens with zero attached hydrogens (tertiary/aromatic N) is 2. The standard InChI is InChI=1S/C15H28N2O2/c1-2-13-4-6-14(7-5-13)17-9-3-8-16(10-11-17)12-15(18)19/h13-14H,2-12H2,1H3,(H,18,19). The SMILES string of the molecule is CCC1CCC(N2CCCN(CC(=O)O)CC2)CC1. The van der Waals surface area contributed by atoms with Gasteiger partial charge in [0.05, 0.1) is 6.54 Å². The average Bonchev–Trinajstić information content (AvgIpc) is 2.64. The summed E-state index contributed by atoms with van der Waals surface area (Å²) >= 11 is 0. The van der Waals surface area contributed by atoms with Crippen LogP contribution in [-0.2, 0) is 4.79 Å². The summed E-state index contributed by atoms with van der Waals surface area (Å²) in [6, 6.07) is 0.757. The number of carboxylic acid groups (broad SMARTS) is 1. The van der Waals surface area contributed by atoms with E-state index in [4.69, 9.17) is 5.11 Å². The van der Waals surface area contributed by atoms with Crippen molar-refractivity contribution in [1.29, 1.82) is 0 Å². The van der Waals surface area contributed by atoms with E-state index in [2.05, 4.69) is 16.7 Å². The number of carboxylic acids is 1. The second-order valence-corrected chi connectivity index (χ2v) is 6.14. The molecular weight excluding hydrogens is 240 g/mol. The van der Waals surface area contributed by atoms with Crippen molar-refractivity contribution in [3.05, 3.63) is 0 Å². The summed E-state index contributed by atoms with van der Waals surface area (Å²) in [6.45, 7) is 6.57. The van der Waals surface area contributed by atoms with Crippen molar-refractivity contribution in [2.45, 2.75) is 51.5 Å². The van der Waals surface area contributed by atoms with Crippen molar-refractivity contribution >= 4 is 5.97 Å². The molecule has 1 heterocycles. The van der Waals surface area contributed by atoms with Gasteiger partial charge in [-0.1, -0.05) is 13.3 Å². The van der Waals surface area contributed by atoms with Crippen LogP contribution in [0, 0.1) is 5.92 Å². The average molecular weight is 268 g/mol. The molecule has 2 aliphatic rings. The fraction of sp³-hybridized carbons (Fsp3) is 0.933. The zero-order chi connectivity index (χ0) is 13.7. The normalized spacial score (nSPS) is 31.0. The van der Waals surface area contributed by atoms with Gasteiger partial charge < -0.3 is 5.11 Å². The van der Waals surface area contributed by atoms with Crippen LogP contribution in [0.2, 0.25) is 0 Å². The molecule has 0 aromatic heterocycles. The Hall–Kier alpha value is -0.610. The second-order valence-electron chi connectivity index (χ2n) is 6.14. The van der Waals surface area contributed by atoms with E-state index in [1.54, 1.807) is 0 Å². The fourth-order valence-corrected chi connectivity index (χ4v) is 3.62. The maximum atomic E-state index is 10.8. The third-order valence-corrected chi connectivity index (χ3v) is 4.89. The number of aliphatic carboxylic acids is 1. The lowest BCUT2D eigenvalue weighted by atomic mass is 9.84. The minimum Gasteiger partial charge on any atom is -0.480 e. The second kappa shape index (κ2) is 7.25. The maximum Gasteiger partial charge on any atom is 0.317 e. The first-order valence-corrected chi connectivity index (χ1v) is 7.87. The summed E-state index contributed by atoms with van der Waals surface area (Å²) < 4.78 is 0. The lowest BCUT2D eigenvalue weighted by Gasteiger charge is -2.36. The lowest BCUT2D eigenvalue weighted by molar-refractivity contribution is -0.138.